The summed E-state index contributed by atoms with van der Waals surface area (Å²) >= 11 is 1.70. The lowest BCUT2D eigenvalue weighted by molar-refractivity contribution is -0.127. The van der Waals surface area contributed by atoms with E-state index in [9.17, 15) is 4.79 Å². The molecule has 3 heterocycles. The quantitative estimate of drug-likeness (QED) is 0.886. The first kappa shape index (κ1) is 17.8. The maximum atomic E-state index is 12.6. The SMILES string of the molecule is CCc1nc(C)sc1CNC(=O)C1CCCN(C2CCOCC2)C1. The zero-order valence-corrected chi connectivity index (χ0v) is 15.7. The van der Waals surface area contributed by atoms with E-state index in [1.807, 2.05) is 6.92 Å². The number of piperidine rings is 1. The van der Waals surface area contributed by atoms with Gasteiger partial charge in [0.15, 0.2) is 0 Å². The second-order valence-corrected chi connectivity index (χ2v) is 8.14. The average molecular weight is 352 g/mol. The highest BCUT2D eigenvalue weighted by Gasteiger charge is 2.30. The summed E-state index contributed by atoms with van der Waals surface area (Å²) in [6, 6.07) is 0.602. The molecular formula is C18H29N3O2S. The molecule has 0 aliphatic carbocycles. The second kappa shape index (κ2) is 8.41. The number of thiazole rings is 1. The van der Waals surface area contributed by atoms with Crippen LogP contribution in [0.3, 0.4) is 0 Å². The normalized spacial score (nSPS) is 23.3. The van der Waals surface area contributed by atoms with E-state index in [0.29, 0.717) is 12.6 Å². The first-order valence-corrected chi connectivity index (χ1v) is 10.0. The van der Waals surface area contributed by atoms with E-state index in [1.54, 1.807) is 11.3 Å². The Hall–Kier alpha value is -0.980. The molecule has 1 N–H and O–H groups in total. The topological polar surface area (TPSA) is 54.5 Å². The van der Waals surface area contributed by atoms with Gasteiger partial charge in [-0.1, -0.05) is 6.92 Å². The van der Waals surface area contributed by atoms with Crippen molar-refractivity contribution in [3.63, 3.8) is 0 Å². The Labute approximate surface area is 148 Å². The maximum Gasteiger partial charge on any atom is 0.224 e. The Kier molecular flexibility index (Phi) is 6.25. The number of nitrogens with one attached hydrogen (secondary N) is 1. The van der Waals surface area contributed by atoms with Crippen LogP contribution in [0.15, 0.2) is 0 Å². The molecule has 2 fully saturated rings. The summed E-state index contributed by atoms with van der Waals surface area (Å²) in [7, 11) is 0. The molecule has 0 radical (unpaired) electrons. The number of amides is 1. The third-order valence-corrected chi connectivity index (χ3v) is 6.19. The monoisotopic (exact) mass is 351 g/mol. The second-order valence-electron chi connectivity index (χ2n) is 6.85. The lowest BCUT2D eigenvalue weighted by Gasteiger charge is -2.39. The first-order chi connectivity index (χ1) is 11.7. The number of rotatable bonds is 5. The highest BCUT2D eigenvalue weighted by Crippen LogP contribution is 2.24. The minimum Gasteiger partial charge on any atom is -0.381 e. The van der Waals surface area contributed by atoms with Crippen LogP contribution >= 0.6 is 11.3 Å². The van der Waals surface area contributed by atoms with Crippen molar-refractivity contribution in [2.24, 2.45) is 5.92 Å². The van der Waals surface area contributed by atoms with Gasteiger partial charge in [-0.2, -0.15) is 0 Å². The van der Waals surface area contributed by atoms with Crippen molar-refractivity contribution < 1.29 is 9.53 Å². The van der Waals surface area contributed by atoms with Crippen LogP contribution in [0.4, 0.5) is 0 Å². The molecule has 1 aromatic heterocycles. The molecule has 1 unspecified atom stereocenters. The van der Waals surface area contributed by atoms with Gasteiger partial charge in [0, 0.05) is 30.7 Å². The molecule has 0 saturated carbocycles. The van der Waals surface area contributed by atoms with E-state index < -0.39 is 0 Å². The third-order valence-electron chi connectivity index (χ3n) is 5.17. The van der Waals surface area contributed by atoms with Gasteiger partial charge in [-0.15, -0.1) is 11.3 Å². The van der Waals surface area contributed by atoms with Crippen molar-refractivity contribution in [2.45, 2.75) is 58.5 Å². The van der Waals surface area contributed by atoms with Crippen LogP contribution in [0.1, 0.15) is 48.2 Å². The highest BCUT2D eigenvalue weighted by atomic mass is 32.1. The number of aromatic nitrogens is 1. The molecule has 134 valence electrons. The van der Waals surface area contributed by atoms with Gasteiger partial charge in [0.25, 0.3) is 0 Å². The van der Waals surface area contributed by atoms with Gasteiger partial charge in [0.2, 0.25) is 5.91 Å². The van der Waals surface area contributed by atoms with E-state index in [1.165, 1.54) is 4.88 Å². The number of hydrogen-bond acceptors (Lipinski definition) is 5. The molecular weight excluding hydrogens is 322 g/mol. The van der Waals surface area contributed by atoms with Crippen molar-refractivity contribution in [1.29, 1.82) is 0 Å². The standard InChI is InChI=1S/C18H29N3O2S/c1-3-16-17(24-13(2)20-16)11-19-18(22)14-5-4-8-21(12-14)15-6-9-23-10-7-15/h14-15H,3-12H2,1-2H3,(H,19,22). The van der Waals surface area contributed by atoms with E-state index in [2.05, 4.69) is 22.1 Å². The summed E-state index contributed by atoms with van der Waals surface area (Å²) in [6.07, 6.45) is 5.27. The van der Waals surface area contributed by atoms with Gasteiger partial charge < -0.3 is 10.1 Å². The van der Waals surface area contributed by atoms with Crippen molar-refractivity contribution in [3.05, 3.63) is 15.6 Å². The van der Waals surface area contributed by atoms with Crippen LogP contribution in [0, 0.1) is 12.8 Å². The minimum atomic E-state index is 0.126. The number of carbonyl (C=O) groups excluding carboxylic acids is 1. The average Bonchev–Trinajstić information content (AvgIpc) is 3.00. The Bertz CT molecular complexity index is 554. The molecule has 6 heteroatoms. The lowest BCUT2D eigenvalue weighted by Crippen LogP contribution is -2.48. The van der Waals surface area contributed by atoms with Crippen LogP contribution in [-0.2, 0) is 22.5 Å². The van der Waals surface area contributed by atoms with Gasteiger partial charge >= 0.3 is 0 Å². The summed E-state index contributed by atoms with van der Waals surface area (Å²) in [5, 5.41) is 4.24. The first-order valence-electron chi connectivity index (χ1n) is 9.22. The Morgan fingerprint density at radius 2 is 2.17 bits per heavy atom. The van der Waals surface area contributed by atoms with Gasteiger partial charge in [0.05, 0.1) is 23.2 Å². The molecule has 0 bridgehead atoms. The molecule has 0 spiro atoms. The summed E-state index contributed by atoms with van der Waals surface area (Å²) in [5.74, 6) is 0.334. The minimum absolute atomic E-state index is 0.126. The van der Waals surface area contributed by atoms with Crippen molar-refractivity contribution in [2.75, 3.05) is 26.3 Å². The summed E-state index contributed by atoms with van der Waals surface area (Å²) in [5.41, 5.74) is 1.13. The van der Waals surface area contributed by atoms with E-state index >= 15 is 0 Å². The van der Waals surface area contributed by atoms with Gasteiger partial charge in [0.1, 0.15) is 0 Å². The molecule has 5 nitrogen and oxygen atoms in total. The smallest absolute Gasteiger partial charge is 0.224 e. The number of ether oxygens (including phenoxy) is 1. The van der Waals surface area contributed by atoms with Gasteiger partial charge in [-0.05, 0) is 45.6 Å². The zero-order chi connectivity index (χ0) is 16.9. The maximum absolute atomic E-state index is 12.6. The fourth-order valence-corrected chi connectivity index (χ4v) is 4.81. The van der Waals surface area contributed by atoms with E-state index in [-0.39, 0.29) is 11.8 Å². The van der Waals surface area contributed by atoms with Crippen LogP contribution in [0.25, 0.3) is 0 Å². The molecule has 0 aromatic carbocycles. The Morgan fingerprint density at radius 3 is 2.92 bits per heavy atom. The fourth-order valence-electron chi connectivity index (χ4n) is 3.84. The number of likely N-dealkylation sites (tertiary alicyclic amines) is 1. The van der Waals surface area contributed by atoms with Crippen molar-refractivity contribution in [3.8, 4) is 0 Å². The van der Waals surface area contributed by atoms with Crippen LogP contribution in [-0.4, -0.2) is 48.1 Å². The largest absolute Gasteiger partial charge is 0.381 e. The highest BCUT2D eigenvalue weighted by molar-refractivity contribution is 7.11. The predicted molar refractivity (Wildman–Crippen MR) is 96.2 cm³/mol. The summed E-state index contributed by atoms with van der Waals surface area (Å²) in [6.45, 7) is 8.53. The number of aryl methyl sites for hydroxylation is 2. The third kappa shape index (κ3) is 4.35. The molecule has 2 aliphatic rings. The molecule has 1 aromatic rings. The summed E-state index contributed by atoms with van der Waals surface area (Å²) < 4.78 is 5.47. The van der Waals surface area contributed by atoms with Gasteiger partial charge in [-0.3, -0.25) is 9.69 Å². The van der Waals surface area contributed by atoms with Crippen LogP contribution in [0.2, 0.25) is 0 Å². The zero-order valence-electron chi connectivity index (χ0n) is 14.8. The van der Waals surface area contributed by atoms with Crippen LogP contribution in [0.5, 0.6) is 0 Å². The van der Waals surface area contributed by atoms with Crippen molar-refractivity contribution in [1.82, 2.24) is 15.2 Å². The molecule has 2 aliphatic heterocycles. The Balaban J connectivity index is 1.52. The number of nitrogens with zero attached hydrogens (tertiary/aromatic N) is 2. The molecule has 1 amide bonds. The lowest BCUT2D eigenvalue weighted by atomic mass is 9.94. The van der Waals surface area contributed by atoms with E-state index in [0.717, 1.165) is 69.1 Å². The summed E-state index contributed by atoms with van der Waals surface area (Å²) in [4.78, 5) is 20.9. The predicted octanol–water partition coefficient (Wildman–Crippen LogP) is 2.52. The van der Waals surface area contributed by atoms with Crippen molar-refractivity contribution >= 4 is 17.2 Å². The molecule has 1 atom stereocenters. The molecule has 3 rings (SSSR count). The number of carbonyl (C=O) groups is 1. The number of hydrogen-bond donors (Lipinski definition) is 1. The fraction of sp³-hybridized carbons (Fsp3) is 0.778. The van der Waals surface area contributed by atoms with E-state index in [4.69, 9.17) is 4.74 Å². The van der Waals surface area contributed by atoms with Gasteiger partial charge in [-0.25, -0.2) is 4.98 Å². The Morgan fingerprint density at radius 1 is 1.38 bits per heavy atom. The molecule has 24 heavy (non-hydrogen) atoms. The molecule has 2 saturated heterocycles. The van der Waals surface area contributed by atoms with Crippen LogP contribution < -0.4 is 5.32 Å².